The molecular weight excluding hydrogens is 886 g/mol. The summed E-state index contributed by atoms with van der Waals surface area (Å²) in [6.45, 7) is 7.16. The van der Waals surface area contributed by atoms with Crippen LogP contribution in [0.15, 0.2) is 30.3 Å². The Morgan fingerprint density at radius 1 is 0.500 bits per heavy atom. The normalized spacial score (nSPS) is 13.9. The monoisotopic (exact) mass is 960 g/mol. The van der Waals surface area contributed by atoms with Gasteiger partial charge in [0.2, 0.25) is 5.91 Å². The van der Waals surface area contributed by atoms with E-state index in [4.69, 9.17) is 96.9 Å². The average Bonchev–Trinajstić information content (AvgIpc) is 3.20. The molecule has 0 aliphatic heterocycles. The number of rotatable bonds is 22. The number of aliphatic hydroxyl groups is 2. The van der Waals surface area contributed by atoms with Crippen molar-refractivity contribution in [3.05, 3.63) is 35.9 Å². The highest BCUT2D eigenvalue weighted by Gasteiger charge is 2.18. The van der Waals surface area contributed by atoms with E-state index < -0.39 is 108 Å². The van der Waals surface area contributed by atoms with Crippen molar-refractivity contribution in [3.63, 3.8) is 0 Å². The van der Waals surface area contributed by atoms with Crippen LogP contribution in [-0.2, 0) is 49.6 Å². The van der Waals surface area contributed by atoms with Crippen molar-refractivity contribution in [2.24, 2.45) is 57.5 Å². The van der Waals surface area contributed by atoms with Crippen molar-refractivity contribution in [1.29, 1.82) is 0 Å². The van der Waals surface area contributed by atoms with E-state index in [0.29, 0.717) is 31.7 Å². The minimum atomic E-state index is -1.21. The van der Waals surface area contributed by atoms with Gasteiger partial charge in [0.05, 0.1) is 18.6 Å². The number of unbranched alkanes of at least 4 members (excludes halogenated alkanes) is 1. The number of hydrogen-bond donors (Lipinski definition) is 19. The summed E-state index contributed by atoms with van der Waals surface area (Å²) in [4.78, 5) is 90.1. The molecule has 9 atom stereocenters. The van der Waals surface area contributed by atoms with Crippen LogP contribution in [0.4, 0.5) is 0 Å². The number of hydrogen-bond acceptors (Lipinski definition) is 19. The third kappa shape index (κ3) is 52.4. The Morgan fingerprint density at radius 2 is 0.864 bits per heavy atom. The molecule has 0 radical (unpaired) electrons. The molecule has 66 heavy (non-hydrogen) atoms. The summed E-state index contributed by atoms with van der Waals surface area (Å²) >= 11 is 0. The highest BCUT2D eigenvalue weighted by atomic mass is 16.4. The topological polar surface area (TPSA) is 590 Å². The fraction of sp³-hybridized carbons (Fsp3) is 0.605. The summed E-state index contributed by atoms with van der Waals surface area (Å²) in [6.07, 6.45) is 0.608. The summed E-state index contributed by atoms with van der Waals surface area (Å²) in [5.41, 5.74) is 46.3. The zero-order valence-electron chi connectivity index (χ0n) is 37.4. The maximum atomic E-state index is 10.4. The van der Waals surface area contributed by atoms with Gasteiger partial charge in [-0.15, -0.1) is 0 Å². The van der Waals surface area contributed by atoms with Crippen molar-refractivity contribution >= 4 is 53.7 Å². The van der Waals surface area contributed by atoms with Gasteiger partial charge in [0.1, 0.15) is 42.3 Å². The van der Waals surface area contributed by atoms with Gasteiger partial charge in [-0.3, -0.25) is 43.2 Å². The van der Waals surface area contributed by atoms with E-state index in [0.717, 1.165) is 18.4 Å². The number of carboxylic acids is 8. The zero-order valence-corrected chi connectivity index (χ0v) is 37.4. The predicted molar refractivity (Wildman–Crippen MR) is 236 cm³/mol. The highest BCUT2D eigenvalue weighted by molar-refractivity contribution is 5.83. The fourth-order valence-electron chi connectivity index (χ4n) is 3.32. The molecule has 384 valence electrons. The van der Waals surface area contributed by atoms with Crippen LogP contribution in [-0.4, -0.2) is 166 Å². The molecule has 9 unspecified atom stereocenters. The molecule has 0 bridgehead atoms. The van der Waals surface area contributed by atoms with E-state index in [9.17, 15) is 43.2 Å². The van der Waals surface area contributed by atoms with Crippen LogP contribution < -0.4 is 51.6 Å². The molecule has 0 heterocycles. The number of carbonyl (C=O) groups excluding carboxylic acids is 1. The molecule has 0 saturated heterocycles. The lowest BCUT2D eigenvalue weighted by atomic mass is 10.1. The van der Waals surface area contributed by atoms with E-state index in [1.165, 1.54) is 13.8 Å². The molecule has 1 aromatic carbocycles. The molecule has 28 heteroatoms. The summed E-state index contributed by atoms with van der Waals surface area (Å²) < 4.78 is 0. The second kappa shape index (κ2) is 43.0. The van der Waals surface area contributed by atoms with Gasteiger partial charge in [0, 0.05) is 6.42 Å². The number of nitrogens with two attached hydrogens (primary N) is 9. The molecule has 0 aliphatic rings. The zero-order chi connectivity index (χ0) is 53.4. The van der Waals surface area contributed by atoms with Gasteiger partial charge < -0.3 is 103 Å². The maximum absolute atomic E-state index is 10.4. The summed E-state index contributed by atoms with van der Waals surface area (Å²) in [7, 11) is 0. The number of aliphatic hydroxyl groups excluding tert-OH is 2. The SMILES string of the molecule is CC(C)CC(N)C(=O)O.CC(O)C(N)C(=O)O.CC(O)C(N)C(=O)O.NC(=O)CC(N)C(=O)O.NC(CCC(=O)O)C(=O)O.NC(Cc1ccccc1)C(=O)O.NCCCCC(N)C(=O)O. The second-order valence-electron chi connectivity index (χ2n) is 14.1. The summed E-state index contributed by atoms with van der Waals surface area (Å²) in [6, 6.07) is 2.60. The van der Waals surface area contributed by atoms with Crippen LogP contribution in [0.5, 0.6) is 0 Å². The van der Waals surface area contributed by atoms with Crippen molar-refractivity contribution in [2.75, 3.05) is 6.54 Å². The van der Waals surface area contributed by atoms with E-state index in [1.807, 2.05) is 44.2 Å². The molecule has 28 nitrogen and oxygen atoms in total. The van der Waals surface area contributed by atoms with Gasteiger partial charge in [0.25, 0.3) is 0 Å². The first-order chi connectivity index (χ1) is 30.1. The number of amides is 1. The summed E-state index contributed by atoms with van der Waals surface area (Å²) in [5.74, 6) is -8.92. The molecule has 0 aromatic heterocycles. The van der Waals surface area contributed by atoms with E-state index in [2.05, 4.69) is 5.73 Å². The van der Waals surface area contributed by atoms with E-state index in [1.54, 1.807) is 0 Å². The van der Waals surface area contributed by atoms with Crippen LogP contribution in [0, 0.1) is 5.92 Å². The van der Waals surface area contributed by atoms with E-state index in [-0.39, 0.29) is 19.3 Å². The van der Waals surface area contributed by atoms with Gasteiger partial charge in [0.15, 0.2) is 0 Å². The number of carboxylic acid groups (broad SMARTS) is 8. The lowest BCUT2D eigenvalue weighted by Gasteiger charge is -2.07. The average molecular weight is 960 g/mol. The fourth-order valence-corrected chi connectivity index (χ4v) is 3.32. The molecule has 1 amide bonds. The first-order valence-corrected chi connectivity index (χ1v) is 19.6. The predicted octanol–water partition coefficient (Wildman–Crippen LogP) is -4.29. The Balaban J connectivity index is -0.000000160. The smallest absolute Gasteiger partial charge is 0.323 e. The first-order valence-electron chi connectivity index (χ1n) is 19.6. The van der Waals surface area contributed by atoms with E-state index >= 15 is 0 Å². The van der Waals surface area contributed by atoms with Crippen LogP contribution in [0.25, 0.3) is 0 Å². The van der Waals surface area contributed by atoms with Crippen molar-refractivity contribution in [2.45, 2.75) is 134 Å². The highest BCUT2D eigenvalue weighted by Crippen LogP contribution is 2.02. The maximum Gasteiger partial charge on any atom is 0.323 e. The largest absolute Gasteiger partial charge is 0.481 e. The standard InChI is InChI=1S/C9H11NO2.C6H14N2O2.C6H13NO2.C5H9NO4.C4H8N2O3.2C4H9NO3/c10-8(9(11)12)6-7-4-2-1-3-5-7;7-4-2-1-3-5(8)6(9)10;1-4(2)3-5(7)6(8)9;6-3(5(9)10)1-2-4(7)8;5-2(4(8)9)1-3(6)7;2*1-2(6)3(5)4(7)8/h1-5,8H,6,10H2,(H,11,12);5H,1-4,7-8H2,(H,9,10);4-5H,3,7H2,1-2H3,(H,8,9);3H,1-2,6H2,(H,7,8)(H,9,10);2H,1,5H2,(H2,6,7)(H,8,9);2*2-3,6H,5H2,1H3,(H,7,8). The Morgan fingerprint density at radius 3 is 1.09 bits per heavy atom. The molecule has 1 rings (SSSR count). The lowest BCUT2D eigenvalue weighted by molar-refractivity contribution is -0.141. The molecule has 1 aromatic rings. The van der Waals surface area contributed by atoms with Gasteiger partial charge in [-0.1, -0.05) is 50.6 Å². The molecule has 0 spiro atoms. The Kier molecular flexibility index (Phi) is 46.7. The lowest BCUT2D eigenvalue weighted by Crippen LogP contribution is -2.39. The van der Waals surface area contributed by atoms with Crippen LogP contribution >= 0.6 is 0 Å². The third-order valence-corrected chi connectivity index (χ3v) is 7.28. The van der Waals surface area contributed by atoms with Crippen molar-refractivity contribution < 1.29 is 94.2 Å². The second-order valence-corrected chi connectivity index (χ2v) is 14.1. The van der Waals surface area contributed by atoms with Gasteiger partial charge in [-0.05, 0) is 64.0 Å². The Labute approximate surface area is 381 Å². The molecule has 0 aliphatic carbocycles. The van der Waals surface area contributed by atoms with Crippen LogP contribution in [0.3, 0.4) is 0 Å². The van der Waals surface area contributed by atoms with Crippen LogP contribution in [0.1, 0.15) is 78.2 Å². The van der Waals surface area contributed by atoms with Crippen molar-refractivity contribution in [1.82, 2.24) is 0 Å². The quantitative estimate of drug-likeness (QED) is 0.0489. The van der Waals surface area contributed by atoms with Crippen molar-refractivity contribution in [3.8, 4) is 0 Å². The third-order valence-electron chi connectivity index (χ3n) is 7.28. The minimum absolute atomic E-state index is 0.0231. The molecule has 28 N–H and O–H groups in total. The molecular formula is C38H73N9O19. The number of aliphatic carboxylic acids is 8. The van der Waals surface area contributed by atoms with Gasteiger partial charge in [-0.25, -0.2) is 0 Å². The molecule has 0 saturated carbocycles. The number of benzene rings is 1. The van der Waals surface area contributed by atoms with Gasteiger partial charge >= 0.3 is 47.8 Å². The Hall–Kier alpha value is -5.95. The summed E-state index contributed by atoms with van der Waals surface area (Å²) in [5, 5.41) is 82.6. The molecule has 0 fully saturated rings. The number of carbonyl (C=O) groups is 9. The Bertz CT molecular complexity index is 1520. The minimum Gasteiger partial charge on any atom is -0.481 e. The van der Waals surface area contributed by atoms with Crippen LogP contribution in [0.2, 0.25) is 0 Å². The number of primary amides is 1. The first kappa shape index (κ1) is 71.7. The van der Waals surface area contributed by atoms with Gasteiger partial charge in [-0.2, -0.15) is 0 Å².